The molecular weight excluding hydrogens is 216 g/mol. The Balaban J connectivity index is 2.24. The van der Waals surface area contributed by atoms with Crippen molar-refractivity contribution in [1.29, 1.82) is 5.41 Å². The van der Waals surface area contributed by atoms with Gasteiger partial charge in [-0.2, -0.15) is 4.98 Å². The lowest BCUT2D eigenvalue weighted by atomic mass is 10.2. The van der Waals surface area contributed by atoms with E-state index in [0.29, 0.717) is 11.4 Å². The van der Waals surface area contributed by atoms with Gasteiger partial charge in [0, 0.05) is 6.20 Å². The molecule has 2 rings (SSSR count). The minimum Gasteiger partial charge on any atom is -0.424 e. The molecule has 86 valence electrons. The Labute approximate surface area is 98.8 Å². The summed E-state index contributed by atoms with van der Waals surface area (Å²) in [6, 6.07) is 9.30. The zero-order valence-corrected chi connectivity index (χ0v) is 9.34. The highest BCUT2D eigenvalue weighted by Crippen LogP contribution is 2.18. The van der Waals surface area contributed by atoms with Crippen LogP contribution < -0.4 is 10.5 Å². The van der Waals surface area contributed by atoms with E-state index in [1.807, 2.05) is 31.2 Å². The van der Waals surface area contributed by atoms with Gasteiger partial charge in [-0.15, -0.1) is 0 Å². The van der Waals surface area contributed by atoms with Crippen LogP contribution in [-0.4, -0.2) is 15.8 Å². The van der Waals surface area contributed by atoms with Crippen LogP contribution in [0.25, 0.3) is 0 Å². The second kappa shape index (κ2) is 4.61. The Morgan fingerprint density at radius 1 is 1.35 bits per heavy atom. The largest absolute Gasteiger partial charge is 0.424 e. The minimum absolute atomic E-state index is 0.110. The molecule has 0 aliphatic carbocycles. The second-order valence-electron chi connectivity index (χ2n) is 3.56. The van der Waals surface area contributed by atoms with Crippen LogP contribution in [0.1, 0.15) is 11.3 Å². The van der Waals surface area contributed by atoms with Gasteiger partial charge < -0.3 is 10.5 Å². The molecule has 0 saturated heterocycles. The normalized spacial score (nSPS) is 9.94. The highest BCUT2D eigenvalue weighted by Gasteiger charge is 2.04. The van der Waals surface area contributed by atoms with Crippen LogP contribution in [0.5, 0.6) is 11.8 Å². The number of hydrogen-bond donors (Lipinski definition) is 2. The summed E-state index contributed by atoms with van der Waals surface area (Å²) in [5.74, 6) is 0.548. The molecule has 0 saturated carbocycles. The Bertz CT molecular complexity index is 554. The third-order valence-electron chi connectivity index (χ3n) is 2.11. The van der Waals surface area contributed by atoms with Gasteiger partial charge in [0.1, 0.15) is 17.3 Å². The Kier molecular flexibility index (Phi) is 3.00. The number of ether oxygens (including phenoxy) is 1. The number of aryl methyl sites for hydroxylation is 1. The van der Waals surface area contributed by atoms with Crippen LogP contribution in [0.4, 0.5) is 0 Å². The van der Waals surface area contributed by atoms with E-state index in [2.05, 4.69) is 9.97 Å². The average molecular weight is 228 g/mol. The molecule has 0 unspecified atom stereocenters. The lowest BCUT2D eigenvalue weighted by molar-refractivity contribution is 0.441. The maximum atomic E-state index is 7.28. The van der Waals surface area contributed by atoms with Gasteiger partial charge in [-0.1, -0.05) is 12.1 Å². The third kappa shape index (κ3) is 2.78. The number of rotatable bonds is 3. The van der Waals surface area contributed by atoms with Gasteiger partial charge in [-0.25, -0.2) is 4.98 Å². The van der Waals surface area contributed by atoms with Crippen molar-refractivity contribution in [3.05, 3.63) is 47.8 Å². The number of benzene rings is 1. The van der Waals surface area contributed by atoms with Crippen LogP contribution in [0, 0.1) is 12.3 Å². The van der Waals surface area contributed by atoms with Crippen molar-refractivity contribution in [3.8, 4) is 11.8 Å². The van der Waals surface area contributed by atoms with E-state index >= 15 is 0 Å². The average Bonchev–Trinajstić information content (AvgIpc) is 2.29. The monoisotopic (exact) mass is 228 g/mol. The third-order valence-corrected chi connectivity index (χ3v) is 2.11. The van der Waals surface area contributed by atoms with Gasteiger partial charge >= 0.3 is 6.01 Å². The zero-order chi connectivity index (χ0) is 12.3. The van der Waals surface area contributed by atoms with E-state index < -0.39 is 0 Å². The molecule has 5 nitrogen and oxygen atoms in total. The topological polar surface area (TPSA) is 84.9 Å². The summed E-state index contributed by atoms with van der Waals surface area (Å²) in [6.07, 6.45) is 1.51. The van der Waals surface area contributed by atoms with Crippen LogP contribution in [0.3, 0.4) is 0 Å². The first kappa shape index (κ1) is 11.1. The van der Waals surface area contributed by atoms with Crippen molar-refractivity contribution in [1.82, 2.24) is 9.97 Å². The van der Waals surface area contributed by atoms with Crippen LogP contribution in [-0.2, 0) is 0 Å². The smallest absolute Gasteiger partial charge is 0.322 e. The Hall–Kier alpha value is -2.43. The van der Waals surface area contributed by atoms with Crippen LogP contribution in [0.15, 0.2) is 36.5 Å². The molecule has 0 amide bonds. The Morgan fingerprint density at radius 2 is 2.18 bits per heavy atom. The Morgan fingerprint density at radius 3 is 2.88 bits per heavy atom. The predicted octanol–water partition coefficient (Wildman–Crippen LogP) is 1.86. The van der Waals surface area contributed by atoms with E-state index in [4.69, 9.17) is 15.9 Å². The van der Waals surface area contributed by atoms with E-state index in [0.717, 1.165) is 5.56 Å². The molecule has 0 fully saturated rings. The quantitative estimate of drug-likeness (QED) is 0.620. The fraction of sp³-hybridized carbons (Fsp3) is 0.0833. The van der Waals surface area contributed by atoms with Crippen molar-refractivity contribution in [3.63, 3.8) is 0 Å². The lowest BCUT2D eigenvalue weighted by Crippen LogP contribution is -2.13. The SMILES string of the molecule is Cc1cccc(Oc2nccc(C(=N)N)n2)c1. The standard InChI is InChI=1S/C12H12N4O/c1-8-3-2-4-9(7-8)17-12-15-6-5-10(16-12)11(13)14/h2-7H,1H3,(H3,13,14). The molecule has 0 bridgehead atoms. The number of nitrogens with one attached hydrogen (secondary N) is 1. The molecular formula is C12H12N4O. The first-order valence-corrected chi connectivity index (χ1v) is 5.07. The zero-order valence-electron chi connectivity index (χ0n) is 9.34. The summed E-state index contributed by atoms with van der Waals surface area (Å²) < 4.78 is 5.48. The van der Waals surface area contributed by atoms with Crippen LogP contribution >= 0.6 is 0 Å². The molecule has 1 aromatic carbocycles. The molecule has 1 aromatic heterocycles. The molecule has 0 aliphatic heterocycles. The molecule has 0 atom stereocenters. The maximum Gasteiger partial charge on any atom is 0.322 e. The number of aromatic nitrogens is 2. The lowest BCUT2D eigenvalue weighted by Gasteiger charge is -2.05. The predicted molar refractivity (Wildman–Crippen MR) is 64.3 cm³/mol. The van der Waals surface area contributed by atoms with Gasteiger partial charge in [-0.3, -0.25) is 5.41 Å². The van der Waals surface area contributed by atoms with Crippen molar-refractivity contribution in [2.24, 2.45) is 5.73 Å². The van der Waals surface area contributed by atoms with Gasteiger partial charge in [0.25, 0.3) is 0 Å². The first-order chi connectivity index (χ1) is 8.15. The second-order valence-corrected chi connectivity index (χ2v) is 3.56. The number of nitrogen functional groups attached to an aromatic ring is 1. The van der Waals surface area contributed by atoms with Gasteiger partial charge in [0.05, 0.1) is 0 Å². The summed E-state index contributed by atoms with van der Waals surface area (Å²) in [5.41, 5.74) is 6.78. The van der Waals surface area contributed by atoms with E-state index in [9.17, 15) is 0 Å². The summed E-state index contributed by atoms with van der Waals surface area (Å²) in [7, 11) is 0. The molecule has 5 heteroatoms. The van der Waals surface area contributed by atoms with Gasteiger partial charge in [-0.05, 0) is 30.7 Å². The van der Waals surface area contributed by atoms with Crippen LogP contribution in [0.2, 0.25) is 0 Å². The molecule has 3 N–H and O–H groups in total. The molecule has 17 heavy (non-hydrogen) atoms. The highest BCUT2D eigenvalue weighted by molar-refractivity contribution is 5.92. The summed E-state index contributed by atoms with van der Waals surface area (Å²) in [4.78, 5) is 7.98. The van der Waals surface area contributed by atoms with Crippen molar-refractivity contribution in [2.45, 2.75) is 6.92 Å². The number of nitrogens with zero attached hydrogens (tertiary/aromatic N) is 2. The molecule has 0 spiro atoms. The number of hydrogen-bond acceptors (Lipinski definition) is 4. The van der Waals surface area contributed by atoms with E-state index in [1.165, 1.54) is 6.20 Å². The number of nitrogens with two attached hydrogens (primary N) is 1. The summed E-state index contributed by atoms with van der Waals surface area (Å²) in [6.45, 7) is 1.97. The number of amidine groups is 1. The first-order valence-electron chi connectivity index (χ1n) is 5.07. The highest BCUT2D eigenvalue weighted by atomic mass is 16.5. The van der Waals surface area contributed by atoms with Gasteiger partial charge in [0.15, 0.2) is 0 Å². The summed E-state index contributed by atoms with van der Waals surface area (Å²) >= 11 is 0. The van der Waals surface area contributed by atoms with E-state index in [1.54, 1.807) is 6.07 Å². The molecule has 0 radical (unpaired) electrons. The summed E-state index contributed by atoms with van der Waals surface area (Å²) in [5, 5.41) is 7.28. The van der Waals surface area contributed by atoms with Gasteiger partial charge in [0.2, 0.25) is 0 Å². The van der Waals surface area contributed by atoms with Crippen molar-refractivity contribution >= 4 is 5.84 Å². The molecule has 0 aliphatic rings. The van der Waals surface area contributed by atoms with E-state index in [-0.39, 0.29) is 11.8 Å². The fourth-order valence-corrected chi connectivity index (χ4v) is 1.32. The van der Waals surface area contributed by atoms with Crippen molar-refractivity contribution in [2.75, 3.05) is 0 Å². The maximum absolute atomic E-state index is 7.28. The molecule has 2 aromatic rings. The van der Waals surface area contributed by atoms with Crippen molar-refractivity contribution < 1.29 is 4.74 Å². The minimum atomic E-state index is -0.110. The fourth-order valence-electron chi connectivity index (χ4n) is 1.32. The molecule has 1 heterocycles.